The standard InChI is InChI=1S/C14H10BrNOS/c15-12-8-18-7-11(12)14(17)10-3-4-13-9(6-10)2-1-5-16-13/h1-8,14,17H. The first kappa shape index (κ1) is 11.8. The lowest BCUT2D eigenvalue weighted by Crippen LogP contribution is -1.98. The third-order valence-electron chi connectivity index (χ3n) is 2.88. The average Bonchev–Trinajstić information content (AvgIpc) is 2.83. The Morgan fingerprint density at radius 3 is 2.89 bits per heavy atom. The van der Waals surface area contributed by atoms with Crippen LogP contribution in [0.25, 0.3) is 10.9 Å². The molecule has 2 aromatic heterocycles. The van der Waals surface area contributed by atoms with Crippen LogP contribution >= 0.6 is 27.3 Å². The summed E-state index contributed by atoms with van der Waals surface area (Å²) in [5, 5.41) is 15.4. The van der Waals surface area contributed by atoms with E-state index in [1.807, 2.05) is 41.1 Å². The average molecular weight is 320 g/mol. The smallest absolute Gasteiger partial charge is 0.106 e. The van der Waals surface area contributed by atoms with Crippen LogP contribution in [0.15, 0.2) is 51.8 Å². The molecule has 0 bridgehead atoms. The molecule has 1 N–H and O–H groups in total. The number of thiophene rings is 1. The molecule has 1 aromatic carbocycles. The summed E-state index contributed by atoms with van der Waals surface area (Å²) in [5.41, 5.74) is 2.73. The molecule has 0 aliphatic rings. The molecule has 1 atom stereocenters. The lowest BCUT2D eigenvalue weighted by molar-refractivity contribution is 0.220. The Morgan fingerprint density at radius 1 is 1.22 bits per heavy atom. The maximum Gasteiger partial charge on any atom is 0.106 e. The highest BCUT2D eigenvalue weighted by atomic mass is 79.9. The van der Waals surface area contributed by atoms with Gasteiger partial charge >= 0.3 is 0 Å². The molecular weight excluding hydrogens is 310 g/mol. The summed E-state index contributed by atoms with van der Waals surface area (Å²) in [4.78, 5) is 4.27. The Morgan fingerprint density at radius 2 is 2.11 bits per heavy atom. The highest BCUT2D eigenvalue weighted by molar-refractivity contribution is 9.10. The third-order valence-corrected chi connectivity index (χ3v) is 4.63. The maximum absolute atomic E-state index is 10.4. The highest BCUT2D eigenvalue weighted by Gasteiger charge is 2.14. The van der Waals surface area contributed by atoms with E-state index in [-0.39, 0.29) is 0 Å². The van der Waals surface area contributed by atoms with E-state index in [2.05, 4.69) is 20.9 Å². The SMILES string of the molecule is OC(c1ccc2ncccc2c1)c1cscc1Br. The van der Waals surface area contributed by atoms with E-state index in [0.717, 1.165) is 26.5 Å². The largest absolute Gasteiger partial charge is 0.384 e. The predicted molar refractivity (Wildman–Crippen MR) is 77.8 cm³/mol. The van der Waals surface area contributed by atoms with Gasteiger partial charge in [-0.05, 0) is 45.1 Å². The number of halogens is 1. The van der Waals surface area contributed by atoms with Crippen LogP contribution in [0.5, 0.6) is 0 Å². The van der Waals surface area contributed by atoms with Gasteiger partial charge in [-0.3, -0.25) is 4.98 Å². The van der Waals surface area contributed by atoms with Gasteiger partial charge < -0.3 is 5.11 Å². The van der Waals surface area contributed by atoms with Crippen molar-refractivity contribution in [3.63, 3.8) is 0 Å². The van der Waals surface area contributed by atoms with Crippen LogP contribution in [0.3, 0.4) is 0 Å². The summed E-state index contributed by atoms with van der Waals surface area (Å²) in [6.07, 6.45) is 1.17. The molecule has 2 nitrogen and oxygen atoms in total. The number of fused-ring (bicyclic) bond motifs is 1. The van der Waals surface area contributed by atoms with Gasteiger partial charge in [-0.25, -0.2) is 0 Å². The zero-order valence-corrected chi connectivity index (χ0v) is 11.8. The lowest BCUT2D eigenvalue weighted by atomic mass is 10.0. The number of aliphatic hydroxyl groups excluding tert-OH is 1. The third kappa shape index (κ3) is 2.07. The van der Waals surface area contributed by atoms with Crippen molar-refractivity contribution in [3.8, 4) is 0 Å². The minimum absolute atomic E-state index is 0.602. The van der Waals surface area contributed by atoms with Gasteiger partial charge in [-0.2, -0.15) is 11.3 Å². The van der Waals surface area contributed by atoms with Crippen LogP contribution in [0.1, 0.15) is 17.2 Å². The van der Waals surface area contributed by atoms with E-state index in [9.17, 15) is 5.11 Å². The summed E-state index contributed by atoms with van der Waals surface area (Å²) in [7, 11) is 0. The lowest BCUT2D eigenvalue weighted by Gasteiger charge is -2.11. The number of hydrogen-bond donors (Lipinski definition) is 1. The first-order valence-electron chi connectivity index (χ1n) is 5.50. The molecule has 2 heterocycles. The molecule has 0 saturated heterocycles. The summed E-state index contributed by atoms with van der Waals surface area (Å²) in [6, 6.07) is 9.75. The van der Waals surface area contributed by atoms with Gasteiger partial charge in [0.2, 0.25) is 0 Å². The second kappa shape index (κ2) is 4.80. The van der Waals surface area contributed by atoms with Gasteiger partial charge in [0.15, 0.2) is 0 Å². The summed E-state index contributed by atoms with van der Waals surface area (Å²) in [5.74, 6) is 0. The molecule has 0 saturated carbocycles. The van der Waals surface area contributed by atoms with Crippen molar-refractivity contribution >= 4 is 38.2 Å². The zero-order chi connectivity index (χ0) is 12.5. The minimum atomic E-state index is -0.602. The normalized spacial score (nSPS) is 12.8. The number of aliphatic hydroxyl groups is 1. The minimum Gasteiger partial charge on any atom is -0.384 e. The van der Waals surface area contributed by atoms with Crippen LogP contribution in [0, 0.1) is 0 Å². The van der Waals surface area contributed by atoms with E-state index in [1.54, 1.807) is 17.5 Å². The number of hydrogen-bond acceptors (Lipinski definition) is 3. The Kier molecular flexibility index (Phi) is 3.16. The second-order valence-corrected chi connectivity index (χ2v) is 5.63. The van der Waals surface area contributed by atoms with Gasteiger partial charge in [0.05, 0.1) is 5.52 Å². The molecule has 4 heteroatoms. The summed E-state index contributed by atoms with van der Waals surface area (Å²) in [6.45, 7) is 0. The topological polar surface area (TPSA) is 33.1 Å². The molecule has 1 unspecified atom stereocenters. The van der Waals surface area contributed by atoms with Gasteiger partial charge in [-0.15, -0.1) is 0 Å². The predicted octanol–water partition coefficient (Wildman–Crippen LogP) is 4.14. The van der Waals surface area contributed by atoms with Crippen LogP contribution in [-0.2, 0) is 0 Å². The van der Waals surface area contributed by atoms with Gasteiger partial charge in [0, 0.05) is 27.0 Å². The van der Waals surface area contributed by atoms with E-state index in [0.29, 0.717) is 0 Å². The van der Waals surface area contributed by atoms with Gasteiger partial charge in [0.25, 0.3) is 0 Å². The molecule has 3 rings (SSSR count). The maximum atomic E-state index is 10.4. The van der Waals surface area contributed by atoms with Crippen molar-refractivity contribution in [2.75, 3.05) is 0 Å². The Labute approximate surface area is 117 Å². The van der Waals surface area contributed by atoms with E-state index < -0.39 is 6.10 Å². The van der Waals surface area contributed by atoms with Crippen molar-refractivity contribution in [2.24, 2.45) is 0 Å². The zero-order valence-electron chi connectivity index (χ0n) is 9.38. The van der Waals surface area contributed by atoms with Crippen molar-refractivity contribution in [1.82, 2.24) is 4.98 Å². The van der Waals surface area contributed by atoms with Crippen LogP contribution in [0.4, 0.5) is 0 Å². The molecule has 90 valence electrons. The number of aromatic nitrogens is 1. The van der Waals surface area contributed by atoms with Crippen molar-refractivity contribution in [1.29, 1.82) is 0 Å². The van der Waals surface area contributed by atoms with Crippen molar-refractivity contribution in [2.45, 2.75) is 6.10 Å². The molecule has 18 heavy (non-hydrogen) atoms. The Balaban J connectivity index is 2.07. The fourth-order valence-electron chi connectivity index (χ4n) is 1.93. The number of rotatable bonds is 2. The van der Waals surface area contributed by atoms with E-state index >= 15 is 0 Å². The molecule has 0 radical (unpaired) electrons. The van der Waals surface area contributed by atoms with Gasteiger partial charge in [0.1, 0.15) is 6.10 Å². The first-order chi connectivity index (χ1) is 8.75. The number of pyridine rings is 1. The van der Waals surface area contributed by atoms with Crippen LogP contribution < -0.4 is 0 Å². The Bertz CT molecular complexity index is 695. The molecule has 0 aliphatic heterocycles. The first-order valence-corrected chi connectivity index (χ1v) is 7.23. The fraction of sp³-hybridized carbons (Fsp3) is 0.0714. The molecule has 3 aromatic rings. The van der Waals surface area contributed by atoms with Crippen molar-refractivity contribution < 1.29 is 5.11 Å². The number of nitrogens with zero attached hydrogens (tertiary/aromatic N) is 1. The summed E-state index contributed by atoms with van der Waals surface area (Å²) < 4.78 is 0.950. The second-order valence-electron chi connectivity index (χ2n) is 4.03. The van der Waals surface area contributed by atoms with E-state index in [1.165, 1.54) is 0 Å². The molecule has 0 spiro atoms. The quantitative estimate of drug-likeness (QED) is 0.770. The molecular formula is C14H10BrNOS. The fourth-order valence-corrected chi connectivity index (χ4v) is 3.46. The summed E-state index contributed by atoms with van der Waals surface area (Å²) >= 11 is 5.03. The molecule has 0 fully saturated rings. The van der Waals surface area contributed by atoms with Crippen LogP contribution in [-0.4, -0.2) is 10.1 Å². The monoisotopic (exact) mass is 319 g/mol. The van der Waals surface area contributed by atoms with Crippen LogP contribution in [0.2, 0.25) is 0 Å². The Hall–Kier alpha value is -1.23. The molecule has 0 aliphatic carbocycles. The highest BCUT2D eigenvalue weighted by Crippen LogP contribution is 2.32. The van der Waals surface area contributed by atoms with E-state index in [4.69, 9.17) is 0 Å². The molecule has 0 amide bonds. The number of benzene rings is 1. The van der Waals surface area contributed by atoms with Crippen molar-refractivity contribution in [3.05, 3.63) is 62.9 Å². The van der Waals surface area contributed by atoms with Gasteiger partial charge in [-0.1, -0.05) is 12.1 Å².